The van der Waals surface area contributed by atoms with Crippen molar-refractivity contribution in [3.05, 3.63) is 89.0 Å². The molecule has 3 aromatic rings. The second-order valence-electron chi connectivity index (χ2n) is 10.4. The summed E-state index contributed by atoms with van der Waals surface area (Å²) in [5.41, 5.74) is 11.5. The summed E-state index contributed by atoms with van der Waals surface area (Å²) in [5, 5.41) is 0. The van der Waals surface area contributed by atoms with Crippen LogP contribution in [0.15, 0.2) is 71.6 Å². The molecule has 1 unspecified atom stereocenters. The van der Waals surface area contributed by atoms with Crippen molar-refractivity contribution in [1.82, 2.24) is 9.21 Å². The summed E-state index contributed by atoms with van der Waals surface area (Å²) < 4.78 is 29.1. The molecule has 3 N–H and O–H groups in total. The van der Waals surface area contributed by atoms with E-state index in [1.807, 2.05) is 25.1 Å². The average Bonchev–Trinajstić information content (AvgIpc) is 2.85. The number of rotatable bonds is 5. The summed E-state index contributed by atoms with van der Waals surface area (Å²) in [6.07, 6.45) is 1.89. The Morgan fingerprint density at radius 1 is 0.861 bits per heavy atom. The first-order valence-corrected chi connectivity index (χ1v) is 14.5. The Balaban J connectivity index is 1.44. The molecule has 0 radical (unpaired) electrons. The van der Waals surface area contributed by atoms with Crippen molar-refractivity contribution in [2.24, 2.45) is 0 Å². The molecule has 0 saturated carbocycles. The van der Waals surface area contributed by atoms with Crippen LogP contribution in [0.2, 0.25) is 0 Å². The highest BCUT2D eigenvalue weighted by Gasteiger charge is 2.51. The molecule has 2 saturated heterocycles. The van der Waals surface area contributed by atoms with Crippen LogP contribution >= 0.6 is 0 Å². The van der Waals surface area contributed by atoms with Gasteiger partial charge in [0.2, 0.25) is 10.0 Å². The first-order valence-electron chi connectivity index (χ1n) is 13.1. The van der Waals surface area contributed by atoms with E-state index in [-0.39, 0.29) is 12.0 Å². The molecule has 2 heterocycles. The second kappa shape index (κ2) is 10.1. The van der Waals surface area contributed by atoms with Gasteiger partial charge in [-0.3, -0.25) is 4.90 Å². The van der Waals surface area contributed by atoms with Crippen molar-refractivity contribution >= 4 is 10.0 Å². The van der Waals surface area contributed by atoms with Crippen LogP contribution in [0.5, 0.6) is 0 Å². The fraction of sp³-hybridized carbons (Fsp3) is 0.400. The zero-order valence-corrected chi connectivity index (χ0v) is 22.5. The normalized spacial score (nSPS) is 23.4. The van der Waals surface area contributed by atoms with E-state index in [2.05, 4.69) is 66.9 Å². The van der Waals surface area contributed by atoms with Crippen molar-refractivity contribution in [2.75, 3.05) is 26.2 Å². The van der Waals surface area contributed by atoms with Crippen LogP contribution in [-0.4, -0.2) is 55.9 Å². The van der Waals surface area contributed by atoms with Crippen molar-refractivity contribution in [3.8, 4) is 11.1 Å². The third kappa shape index (κ3) is 4.41. The topological polar surface area (TPSA) is 68.3 Å². The van der Waals surface area contributed by atoms with Crippen molar-refractivity contribution in [2.45, 2.75) is 56.5 Å². The van der Waals surface area contributed by atoms with Crippen molar-refractivity contribution < 1.29 is 14.2 Å². The van der Waals surface area contributed by atoms with Gasteiger partial charge in [-0.2, -0.15) is 4.31 Å². The van der Waals surface area contributed by atoms with Gasteiger partial charge < -0.3 is 5.73 Å². The largest absolute Gasteiger partial charge is 0.356 e. The van der Waals surface area contributed by atoms with Gasteiger partial charge >= 0.3 is 0 Å². The minimum atomic E-state index is -3.55. The monoisotopic (exact) mass is 504 g/mol. The van der Waals surface area contributed by atoms with Gasteiger partial charge in [0.25, 0.3) is 0 Å². The number of sulfonamides is 1. The average molecular weight is 505 g/mol. The first kappa shape index (κ1) is 25.2. The number of benzene rings is 3. The van der Waals surface area contributed by atoms with E-state index in [0.717, 1.165) is 31.5 Å². The number of nitrogens with zero attached hydrogens (tertiary/aromatic N) is 2. The summed E-state index contributed by atoms with van der Waals surface area (Å²) in [4.78, 5) is 2.94. The molecule has 3 atom stereocenters. The zero-order valence-electron chi connectivity index (χ0n) is 21.7. The van der Waals surface area contributed by atoms with Gasteiger partial charge in [-0.15, -0.1) is 0 Å². The van der Waals surface area contributed by atoms with E-state index in [4.69, 9.17) is 0 Å². The third-order valence-electron chi connectivity index (χ3n) is 8.36. The van der Waals surface area contributed by atoms with Crippen LogP contribution in [0.1, 0.15) is 41.0 Å². The smallest absolute Gasteiger partial charge is 0.243 e. The van der Waals surface area contributed by atoms with Gasteiger partial charge in [0, 0.05) is 25.0 Å². The van der Waals surface area contributed by atoms with E-state index in [1.54, 1.807) is 10.4 Å². The van der Waals surface area contributed by atoms with Gasteiger partial charge in [0.05, 0.1) is 17.5 Å². The molecule has 2 aliphatic rings. The van der Waals surface area contributed by atoms with Gasteiger partial charge in [-0.05, 0) is 79.6 Å². The van der Waals surface area contributed by atoms with Crippen LogP contribution < -0.4 is 5.73 Å². The summed E-state index contributed by atoms with van der Waals surface area (Å²) >= 11 is 0. The van der Waals surface area contributed by atoms with Gasteiger partial charge in [-0.25, -0.2) is 8.42 Å². The molecule has 36 heavy (non-hydrogen) atoms. The summed E-state index contributed by atoms with van der Waals surface area (Å²) in [5.74, 6) is 0.280. The highest BCUT2D eigenvalue weighted by molar-refractivity contribution is 7.89. The predicted octanol–water partition coefficient (Wildman–Crippen LogP) is 4.14. The van der Waals surface area contributed by atoms with Gasteiger partial charge in [0.15, 0.2) is 0 Å². The summed E-state index contributed by atoms with van der Waals surface area (Å²) in [7, 11) is -3.55. The lowest BCUT2D eigenvalue weighted by molar-refractivity contribution is -0.389. The standard InChI is InChI=1S/C30H37N3O2S/c1-21-10-8-11-26(23(21)3)24-13-15-25(16-14-24)30-27(19-31)33-18-7-6-17-32(20-28(30)33)36(34,35)29-12-5-4-9-22(29)2/h4-5,8-16,27-28,30H,6-7,17-20,31H2,1-3H3/p+1/t27-,28?,30-/m1/s1. The first-order chi connectivity index (χ1) is 17.3. The molecule has 0 amide bonds. The van der Waals surface area contributed by atoms with Crippen LogP contribution in [0.25, 0.3) is 11.1 Å². The summed E-state index contributed by atoms with van der Waals surface area (Å²) in [6.45, 7) is 9.15. The van der Waals surface area contributed by atoms with Crippen LogP contribution in [0.3, 0.4) is 0 Å². The maximum atomic E-state index is 13.7. The van der Waals surface area contributed by atoms with E-state index >= 15 is 0 Å². The zero-order chi connectivity index (χ0) is 25.4. The highest BCUT2D eigenvalue weighted by Crippen LogP contribution is 2.42. The van der Waals surface area contributed by atoms with Gasteiger partial charge in [-0.1, -0.05) is 60.7 Å². The Morgan fingerprint density at radius 2 is 1.56 bits per heavy atom. The van der Waals surface area contributed by atoms with E-state index in [1.165, 1.54) is 27.8 Å². The Labute approximate surface area is 216 Å². The fourth-order valence-corrected chi connectivity index (χ4v) is 7.91. The number of fused-ring (bicyclic) bond motifs is 1. The molecular formula is C30H38N3O2S+. The molecule has 0 aromatic heterocycles. The lowest BCUT2D eigenvalue weighted by Gasteiger charge is -2.56. The Morgan fingerprint density at radius 3 is 2.28 bits per heavy atom. The van der Waals surface area contributed by atoms with E-state index < -0.39 is 10.0 Å². The van der Waals surface area contributed by atoms with E-state index in [9.17, 15) is 8.42 Å². The maximum Gasteiger partial charge on any atom is 0.243 e. The molecule has 5 nitrogen and oxygen atoms in total. The molecule has 0 bridgehead atoms. The Hall–Kier alpha value is -2.51. The van der Waals surface area contributed by atoms with Crippen molar-refractivity contribution in [3.63, 3.8) is 0 Å². The molecule has 3 aromatic carbocycles. The van der Waals surface area contributed by atoms with E-state index in [0.29, 0.717) is 24.0 Å². The molecule has 2 fully saturated rings. The number of aryl methyl sites for hydroxylation is 2. The van der Waals surface area contributed by atoms with Gasteiger partial charge in [0.1, 0.15) is 0 Å². The highest BCUT2D eigenvalue weighted by atomic mass is 32.2. The Kier molecular flexibility index (Phi) is 7.05. The fourth-order valence-electron chi connectivity index (χ4n) is 6.19. The molecule has 6 heteroatoms. The van der Waals surface area contributed by atoms with Crippen LogP contribution in [0.4, 0.5) is 0 Å². The van der Waals surface area contributed by atoms with Crippen molar-refractivity contribution in [1.29, 1.82) is 0 Å². The quantitative estimate of drug-likeness (QED) is 0.568. The minimum Gasteiger partial charge on any atom is -0.356 e. The molecule has 0 spiro atoms. The lowest BCUT2D eigenvalue weighted by Crippen LogP contribution is -2.74. The molecule has 0 aliphatic carbocycles. The Bertz CT molecular complexity index is 1340. The number of quaternary nitrogens is 1. The minimum absolute atomic E-state index is 0.169. The SMILES string of the molecule is Cc1ccccc1S(=O)(=O)N1CCCCN2C(C1)[C@H](c1ccc(-c3cccc(C)c3C)cc1)[C@H]2C[NH3+]. The molecular weight excluding hydrogens is 466 g/mol. The summed E-state index contributed by atoms with van der Waals surface area (Å²) in [6, 6.07) is 23.3. The number of hydrogen-bond acceptors (Lipinski definition) is 3. The lowest BCUT2D eigenvalue weighted by atomic mass is 9.74. The predicted molar refractivity (Wildman–Crippen MR) is 145 cm³/mol. The third-order valence-corrected chi connectivity index (χ3v) is 10.4. The second-order valence-corrected chi connectivity index (χ2v) is 12.3. The maximum absolute atomic E-state index is 13.7. The molecule has 2 aliphatic heterocycles. The van der Waals surface area contributed by atoms with Crippen LogP contribution in [-0.2, 0) is 10.0 Å². The molecule has 5 rings (SSSR count). The van der Waals surface area contributed by atoms with Crippen LogP contribution in [0, 0.1) is 20.8 Å². The number of hydrogen-bond donors (Lipinski definition) is 1. The molecule has 190 valence electrons.